The quantitative estimate of drug-likeness (QED) is 0.647. The van der Waals surface area contributed by atoms with E-state index in [4.69, 9.17) is 4.74 Å². The molecule has 0 aliphatic carbocycles. The fourth-order valence-electron chi connectivity index (χ4n) is 2.81. The van der Waals surface area contributed by atoms with Gasteiger partial charge in [-0.25, -0.2) is 4.39 Å². The number of fused-ring (bicyclic) bond motifs is 1. The van der Waals surface area contributed by atoms with Gasteiger partial charge in [-0.05, 0) is 42.0 Å². The zero-order chi connectivity index (χ0) is 19.9. The zero-order valence-corrected chi connectivity index (χ0v) is 15.5. The Hall–Kier alpha value is -3.41. The number of hydrogen-bond acceptors (Lipinski definition) is 3. The van der Waals surface area contributed by atoms with Crippen molar-refractivity contribution in [3.05, 3.63) is 72.0 Å². The summed E-state index contributed by atoms with van der Waals surface area (Å²) in [6.45, 7) is 2.32. The SMILES string of the molecule is CCOc1cc(F)ccc1NC(=O)CCNC(=O)c1ccc2ccccc2c1. The van der Waals surface area contributed by atoms with Crippen LogP contribution < -0.4 is 15.4 Å². The highest BCUT2D eigenvalue weighted by atomic mass is 19.1. The van der Waals surface area contributed by atoms with Gasteiger partial charge in [-0.15, -0.1) is 0 Å². The molecule has 0 fully saturated rings. The van der Waals surface area contributed by atoms with Crippen LogP contribution in [0.25, 0.3) is 10.8 Å². The van der Waals surface area contributed by atoms with Crippen LogP contribution >= 0.6 is 0 Å². The molecule has 3 aromatic carbocycles. The number of nitrogens with one attached hydrogen (secondary N) is 2. The Bertz CT molecular complexity index is 1000. The van der Waals surface area contributed by atoms with E-state index in [1.54, 1.807) is 13.0 Å². The maximum Gasteiger partial charge on any atom is 0.251 e. The Balaban J connectivity index is 1.54. The molecule has 0 saturated carbocycles. The number of ether oxygens (including phenoxy) is 1. The second-order valence-corrected chi connectivity index (χ2v) is 6.19. The first-order valence-corrected chi connectivity index (χ1v) is 9.06. The van der Waals surface area contributed by atoms with Gasteiger partial charge in [0.2, 0.25) is 5.91 Å². The molecule has 0 spiro atoms. The second-order valence-electron chi connectivity index (χ2n) is 6.19. The average Bonchev–Trinajstić information content (AvgIpc) is 2.70. The summed E-state index contributed by atoms with van der Waals surface area (Å²) >= 11 is 0. The molecular formula is C22H21FN2O3. The second kappa shape index (κ2) is 8.99. The van der Waals surface area contributed by atoms with Gasteiger partial charge >= 0.3 is 0 Å². The van der Waals surface area contributed by atoms with Gasteiger partial charge in [0.25, 0.3) is 5.91 Å². The highest BCUT2D eigenvalue weighted by Crippen LogP contribution is 2.25. The van der Waals surface area contributed by atoms with Gasteiger partial charge in [-0.3, -0.25) is 9.59 Å². The lowest BCUT2D eigenvalue weighted by molar-refractivity contribution is -0.116. The van der Waals surface area contributed by atoms with Crippen LogP contribution in [-0.2, 0) is 4.79 Å². The van der Waals surface area contributed by atoms with Gasteiger partial charge in [-0.1, -0.05) is 30.3 Å². The van der Waals surface area contributed by atoms with Crippen molar-refractivity contribution in [2.24, 2.45) is 0 Å². The number of carbonyl (C=O) groups excluding carboxylic acids is 2. The summed E-state index contributed by atoms with van der Waals surface area (Å²) in [4.78, 5) is 24.4. The Labute approximate surface area is 162 Å². The normalized spacial score (nSPS) is 10.5. The van der Waals surface area contributed by atoms with Crippen molar-refractivity contribution >= 4 is 28.3 Å². The molecule has 0 bridgehead atoms. The van der Waals surface area contributed by atoms with Crippen LogP contribution in [0, 0.1) is 5.82 Å². The van der Waals surface area contributed by atoms with Gasteiger partial charge in [-0.2, -0.15) is 0 Å². The van der Waals surface area contributed by atoms with Crippen LogP contribution in [-0.4, -0.2) is 25.0 Å². The lowest BCUT2D eigenvalue weighted by Crippen LogP contribution is -2.27. The van der Waals surface area contributed by atoms with Crippen LogP contribution in [0.5, 0.6) is 5.75 Å². The van der Waals surface area contributed by atoms with Crippen LogP contribution in [0.4, 0.5) is 10.1 Å². The van der Waals surface area contributed by atoms with Crippen molar-refractivity contribution in [3.8, 4) is 5.75 Å². The minimum absolute atomic E-state index is 0.0856. The Morgan fingerprint density at radius 2 is 1.79 bits per heavy atom. The number of rotatable bonds is 7. The van der Waals surface area contributed by atoms with Crippen molar-refractivity contribution in [2.45, 2.75) is 13.3 Å². The van der Waals surface area contributed by atoms with Crippen molar-refractivity contribution < 1.29 is 18.7 Å². The van der Waals surface area contributed by atoms with Gasteiger partial charge in [0.05, 0.1) is 12.3 Å². The van der Waals surface area contributed by atoms with E-state index in [1.165, 1.54) is 18.2 Å². The minimum atomic E-state index is -0.441. The highest BCUT2D eigenvalue weighted by Gasteiger charge is 2.11. The van der Waals surface area contributed by atoms with Crippen LogP contribution in [0.3, 0.4) is 0 Å². The summed E-state index contributed by atoms with van der Waals surface area (Å²) in [5.74, 6) is -0.707. The molecule has 2 N–H and O–H groups in total. The van der Waals surface area contributed by atoms with Gasteiger partial charge < -0.3 is 15.4 Å². The van der Waals surface area contributed by atoms with Crippen molar-refractivity contribution in [1.29, 1.82) is 0 Å². The van der Waals surface area contributed by atoms with E-state index in [9.17, 15) is 14.0 Å². The summed E-state index contributed by atoms with van der Waals surface area (Å²) in [5.41, 5.74) is 0.936. The molecule has 0 saturated heterocycles. The molecule has 0 heterocycles. The van der Waals surface area contributed by atoms with E-state index in [0.717, 1.165) is 10.8 Å². The number of carbonyl (C=O) groups is 2. The zero-order valence-electron chi connectivity index (χ0n) is 15.5. The number of halogens is 1. The molecule has 0 aliphatic rings. The monoisotopic (exact) mass is 380 g/mol. The molecule has 0 aliphatic heterocycles. The van der Waals surface area contributed by atoms with Crippen molar-refractivity contribution in [2.75, 3.05) is 18.5 Å². The fraction of sp³-hybridized carbons (Fsp3) is 0.182. The first kappa shape index (κ1) is 19.4. The topological polar surface area (TPSA) is 67.4 Å². The van der Waals surface area contributed by atoms with Crippen molar-refractivity contribution in [3.63, 3.8) is 0 Å². The molecule has 144 valence electrons. The molecular weight excluding hydrogens is 359 g/mol. The first-order valence-electron chi connectivity index (χ1n) is 9.06. The van der Waals surface area contributed by atoms with E-state index in [1.807, 2.05) is 36.4 Å². The summed E-state index contributed by atoms with van der Waals surface area (Å²) < 4.78 is 18.6. The molecule has 28 heavy (non-hydrogen) atoms. The molecule has 6 heteroatoms. The average molecular weight is 380 g/mol. The lowest BCUT2D eigenvalue weighted by atomic mass is 10.1. The van der Waals surface area contributed by atoms with E-state index >= 15 is 0 Å². The molecule has 0 radical (unpaired) electrons. The Morgan fingerprint density at radius 3 is 2.57 bits per heavy atom. The summed E-state index contributed by atoms with van der Waals surface area (Å²) in [7, 11) is 0. The van der Waals surface area contributed by atoms with Gasteiger partial charge in [0, 0.05) is 24.6 Å². The smallest absolute Gasteiger partial charge is 0.251 e. The largest absolute Gasteiger partial charge is 0.492 e. The Kier molecular flexibility index (Phi) is 6.22. The van der Waals surface area contributed by atoms with E-state index in [-0.39, 0.29) is 30.5 Å². The Morgan fingerprint density at radius 1 is 1.00 bits per heavy atom. The standard InChI is InChI=1S/C22H21FN2O3/c1-2-28-20-14-18(23)9-10-19(20)25-21(26)11-12-24-22(27)17-8-7-15-5-3-4-6-16(15)13-17/h3-10,13-14H,2,11-12H2,1H3,(H,24,27)(H,25,26). The third-order valence-electron chi connectivity index (χ3n) is 4.17. The molecule has 0 atom stereocenters. The summed E-state index contributed by atoms with van der Waals surface area (Å²) in [6.07, 6.45) is 0.0856. The van der Waals surface area contributed by atoms with Crippen LogP contribution in [0.1, 0.15) is 23.7 Å². The van der Waals surface area contributed by atoms with E-state index in [0.29, 0.717) is 17.9 Å². The number of benzene rings is 3. The summed E-state index contributed by atoms with van der Waals surface area (Å²) in [5, 5.41) is 7.45. The highest BCUT2D eigenvalue weighted by molar-refractivity contribution is 5.99. The predicted octanol–water partition coefficient (Wildman–Crippen LogP) is 4.14. The van der Waals surface area contributed by atoms with Gasteiger partial charge in [0.1, 0.15) is 11.6 Å². The maximum absolute atomic E-state index is 13.3. The van der Waals surface area contributed by atoms with Gasteiger partial charge in [0.15, 0.2) is 0 Å². The number of amides is 2. The third-order valence-corrected chi connectivity index (χ3v) is 4.17. The molecule has 0 aromatic heterocycles. The van der Waals surface area contributed by atoms with E-state index < -0.39 is 5.82 Å². The first-order chi connectivity index (χ1) is 13.6. The molecule has 3 aromatic rings. The van der Waals surface area contributed by atoms with E-state index in [2.05, 4.69) is 10.6 Å². The van der Waals surface area contributed by atoms with Crippen molar-refractivity contribution in [1.82, 2.24) is 5.32 Å². The minimum Gasteiger partial charge on any atom is -0.492 e. The number of hydrogen-bond donors (Lipinski definition) is 2. The van der Waals surface area contributed by atoms with Crippen LogP contribution in [0.2, 0.25) is 0 Å². The molecule has 5 nitrogen and oxygen atoms in total. The molecule has 0 unspecified atom stereocenters. The molecule has 2 amide bonds. The maximum atomic E-state index is 13.3. The predicted molar refractivity (Wildman–Crippen MR) is 107 cm³/mol. The number of anilines is 1. The lowest BCUT2D eigenvalue weighted by Gasteiger charge is -2.12. The summed E-state index contributed by atoms with van der Waals surface area (Å²) in [6, 6.07) is 17.2. The molecule has 3 rings (SSSR count). The van der Waals surface area contributed by atoms with Crippen LogP contribution in [0.15, 0.2) is 60.7 Å². The fourth-order valence-corrected chi connectivity index (χ4v) is 2.81. The third kappa shape index (κ3) is 4.85.